The van der Waals surface area contributed by atoms with Crippen molar-refractivity contribution in [3.8, 4) is 24.7 Å². The first-order valence-corrected chi connectivity index (χ1v) is 4.96. The van der Waals surface area contributed by atoms with Crippen molar-refractivity contribution in [2.45, 2.75) is 25.4 Å². The highest BCUT2D eigenvalue weighted by atomic mass is 16.8. The third-order valence-corrected chi connectivity index (χ3v) is 2.20. The van der Waals surface area contributed by atoms with Crippen LogP contribution in [0, 0.1) is 24.7 Å². The number of hydrogen-bond acceptors (Lipinski definition) is 4. The highest BCUT2D eigenvalue weighted by molar-refractivity contribution is 4.87. The van der Waals surface area contributed by atoms with Gasteiger partial charge >= 0.3 is 0 Å². The summed E-state index contributed by atoms with van der Waals surface area (Å²) < 4.78 is 21.8. The molecule has 0 aromatic carbocycles. The smallest absolute Gasteiger partial charge is 0.190 e. The van der Waals surface area contributed by atoms with Crippen LogP contribution in [-0.4, -0.2) is 38.0 Å². The topological polar surface area (TPSA) is 36.9 Å². The normalized spacial score (nSPS) is 34.0. The number of terminal acetylenes is 2. The van der Waals surface area contributed by atoms with Crippen LogP contribution in [0.3, 0.4) is 0 Å². The molecule has 88 valence electrons. The summed E-state index contributed by atoms with van der Waals surface area (Å²) in [6, 6.07) is 0. The lowest BCUT2D eigenvalue weighted by Gasteiger charge is -2.41. The fourth-order valence-corrected chi connectivity index (χ4v) is 1.21. The molecule has 1 fully saturated rings. The van der Waals surface area contributed by atoms with Gasteiger partial charge in [0.2, 0.25) is 0 Å². The predicted octanol–water partition coefficient (Wildman–Crippen LogP) is 0.765. The predicted molar refractivity (Wildman–Crippen MR) is 58.3 cm³/mol. The third kappa shape index (κ3) is 3.52. The average Bonchev–Trinajstić information content (AvgIpc) is 2.29. The van der Waals surface area contributed by atoms with Crippen molar-refractivity contribution in [2.75, 3.05) is 26.4 Å². The summed E-state index contributed by atoms with van der Waals surface area (Å²) >= 11 is 0. The Morgan fingerprint density at radius 1 is 1.00 bits per heavy atom. The zero-order valence-corrected chi connectivity index (χ0v) is 9.62. The Kier molecular flexibility index (Phi) is 4.35. The van der Waals surface area contributed by atoms with Crippen molar-refractivity contribution < 1.29 is 18.9 Å². The van der Waals surface area contributed by atoms with Crippen LogP contribution in [0.2, 0.25) is 0 Å². The minimum absolute atomic E-state index is 0.182. The lowest BCUT2D eigenvalue weighted by Crippen LogP contribution is -2.53. The summed E-state index contributed by atoms with van der Waals surface area (Å²) in [6.07, 6.45) is 10.2. The van der Waals surface area contributed by atoms with Crippen LogP contribution in [0.5, 0.6) is 0 Å². The van der Waals surface area contributed by atoms with E-state index in [1.54, 1.807) is 13.8 Å². The minimum atomic E-state index is -0.814. The largest absolute Gasteiger partial charge is 0.342 e. The molecule has 0 saturated carbocycles. The molecular formula is C12H16O4. The summed E-state index contributed by atoms with van der Waals surface area (Å²) in [7, 11) is 0. The summed E-state index contributed by atoms with van der Waals surface area (Å²) in [5.41, 5.74) is 0. The summed E-state index contributed by atoms with van der Waals surface area (Å²) in [5.74, 6) is 3.13. The monoisotopic (exact) mass is 224 g/mol. The molecule has 0 aromatic heterocycles. The van der Waals surface area contributed by atoms with Gasteiger partial charge in [-0.05, 0) is 13.8 Å². The second-order valence-electron chi connectivity index (χ2n) is 3.83. The molecule has 0 spiro atoms. The first-order chi connectivity index (χ1) is 7.54. The van der Waals surface area contributed by atoms with E-state index in [-0.39, 0.29) is 26.4 Å². The highest BCUT2D eigenvalue weighted by Crippen LogP contribution is 2.26. The highest BCUT2D eigenvalue weighted by Gasteiger charge is 2.40. The summed E-state index contributed by atoms with van der Waals surface area (Å²) in [4.78, 5) is 0. The Bertz CT molecular complexity index is 270. The lowest BCUT2D eigenvalue weighted by atomic mass is 10.2. The van der Waals surface area contributed by atoms with E-state index in [9.17, 15) is 0 Å². The number of ether oxygens (including phenoxy) is 4. The van der Waals surface area contributed by atoms with Gasteiger partial charge in [-0.2, -0.15) is 0 Å². The number of hydrogen-bond donors (Lipinski definition) is 0. The first kappa shape index (κ1) is 13.0. The second-order valence-corrected chi connectivity index (χ2v) is 3.83. The van der Waals surface area contributed by atoms with E-state index < -0.39 is 11.6 Å². The van der Waals surface area contributed by atoms with Gasteiger partial charge in [-0.15, -0.1) is 12.8 Å². The molecule has 1 aliphatic rings. The molecule has 0 N–H and O–H groups in total. The second kappa shape index (κ2) is 5.34. The first-order valence-electron chi connectivity index (χ1n) is 4.96. The molecule has 0 unspecified atom stereocenters. The van der Waals surface area contributed by atoms with Crippen LogP contribution >= 0.6 is 0 Å². The fourth-order valence-electron chi connectivity index (χ4n) is 1.21. The molecule has 4 nitrogen and oxygen atoms in total. The van der Waals surface area contributed by atoms with Gasteiger partial charge in [0.15, 0.2) is 11.6 Å². The molecule has 0 radical (unpaired) electrons. The molecule has 4 heteroatoms. The van der Waals surface area contributed by atoms with E-state index in [1.165, 1.54) is 0 Å². The van der Waals surface area contributed by atoms with Crippen molar-refractivity contribution in [1.29, 1.82) is 0 Å². The Balaban J connectivity index is 2.44. The van der Waals surface area contributed by atoms with Gasteiger partial charge in [0.05, 0.1) is 0 Å². The molecule has 1 aliphatic heterocycles. The van der Waals surface area contributed by atoms with Crippen LogP contribution in [-0.2, 0) is 18.9 Å². The van der Waals surface area contributed by atoms with Crippen LogP contribution in [0.15, 0.2) is 0 Å². The molecule has 0 aliphatic carbocycles. The van der Waals surface area contributed by atoms with E-state index in [4.69, 9.17) is 31.8 Å². The van der Waals surface area contributed by atoms with Gasteiger partial charge in [0.1, 0.15) is 26.4 Å². The van der Waals surface area contributed by atoms with Crippen LogP contribution in [0.4, 0.5) is 0 Å². The zero-order valence-electron chi connectivity index (χ0n) is 9.62. The van der Waals surface area contributed by atoms with E-state index in [0.717, 1.165) is 0 Å². The van der Waals surface area contributed by atoms with Gasteiger partial charge in [0.25, 0.3) is 0 Å². The third-order valence-electron chi connectivity index (χ3n) is 2.20. The van der Waals surface area contributed by atoms with Crippen LogP contribution < -0.4 is 0 Å². The van der Waals surface area contributed by atoms with Crippen molar-refractivity contribution in [2.24, 2.45) is 0 Å². The fraction of sp³-hybridized carbons (Fsp3) is 0.667. The lowest BCUT2D eigenvalue weighted by molar-refractivity contribution is -0.370. The molecule has 1 heterocycles. The van der Waals surface area contributed by atoms with Gasteiger partial charge in [-0.1, -0.05) is 11.8 Å². The van der Waals surface area contributed by atoms with E-state index in [2.05, 4.69) is 11.8 Å². The van der Waals surface area contributed by atoms with Crippen molar-refractivity contribution in [3.63, 3.8) is 0 Å². The number of rotatable bonds is 4. The molecule has 16 heavy (non-hydrogen) atoms. The molecule has 0 amide bonds. The summed E-state index contributed by atoms with van der Waals surface area (Å²) in [5, 5.41) is 0. The quantitative estimate of drug-likeness (QED) is 0.661. The van der Waals surface area contributed by atoms with Gasteiger partial charge < -0.3 is 18.9 Å². The Morgan fingerprint density at radius 2 is 1.38 bits per heavy atom. The van der Waals surface area contributed by atoms with Crippen molar-refractivity contribution in [3.05, 3.63) is 0 Å². The molecule has 2 atom stereocenters. The SMILES string of the molecule is C#CCO[C@]1(C)CO[C@@](C)(OCC#C)CO1. The average molecular weight is 224 g/mol. The standard InChI is InChI=1S/C12H16O4/c1-5-7-13-11(3)9-16-12(4,10-15-11)14-8-6-2/h1-2H,7-10H2,3-4H3/t11-,12+. The van der Waals surface area contributed by atoms with Gasteiger partial charge in [0, 0.05) is 0 Å². The van der Waals surface area contributed by atoms with E-state index >= 15 is 0 Å². The minimum Gasteiger partial charge on any atom is -0.342 e. The zero-order chi connectivity index (χ0) is 12.1. The van der Waals surface area contributed by atoms with E-state index in [1.807, 2.05) is 0 Å². The molecule has 1 saturated heterocycles. The Hall–Kier alpha value is -1.04. The van der Waals surface area contributed by atoms with Gasteiger partial charge in [-0.3, -0.25) is 0 Å². The maximum atomic E-state index is 5.54. The molecule has 1 rings (SSSR count). The van der Waals surface area contributed by atoms with Gasteiger partial charge in [-0.25, -0.2) is 0 Å². The van der Waals surface area contributed by atoms with Crippen molar-refractivity contribution >= 4 is 0 Å². The Morgan fingerprint density at radius 3 is 1.62 bits per heavy atom. The molecular weight excluding hydrogens is 208 g/mol. The van der Waals surface area contributed by atoms with Crippen LogP contribution in [0.25, 0.3) is 0 Å². The van der Waals surface area contributed by atoms with E-state index in [0.29, 0.717) is 0 Å². The maximum absolute atomic E-state index is 5.54. The summed E-state index contributed by atoms with van der Waals surface area (Å²) in [6.45, 7) is 4.39. The Labute approximate surface area is 96.2 Å². The van der Waals surface area contributed by atoms with Crippen LogP contribution in [0.1, 0.15) is 13.8 Å². The molecule has 0 bridgehead atoms. The van der Waals surface area contributed by atoms with Crippen molar-refractivity contribution in [1.82, 2.24) is 0 Å². The molecule has 0 aromatic rings. The maximum Gasteiger partial charge on any atom is 0.190 e.